The van der Waals surface area contributed by atoms with Crippen LogP contribution in [-0.2, 0) is 10.0 Å². The fraction of sp³-hybridized carbons (Fsp3) is 0.100. The molecule has 0 aliphatic heterocycles. The molecule has 5 nitrogen and oxygen atoms in total. The van der Waals surface area contributed by atoms with Crippen molar-refractivity contribution in [1.29, 1.82) is 0 Å². The SMILES string of the molecule is Cc1csc(NS(=O)(=O)c2cc(Cl)ccc2N)n1. The second-order valence-corrected chi connectivity index (χ2v) is 6.53. The van der Waals surface area contributed by atoms with Gasteiger partial charge < -0.3 is 5.73 Å². The molecule has 0 bridgehead atoms. The number of nitrogen functional groups attached to an aromatic ring is 1. The number of nitrogens with zero attached hydrogens (tertiary/aromatic N) is 1. The Morgan fingerprint density at radius 2 is 2.17 bits per heavy atom. The summed E-state index contributed by atoms with van der Waals surface area (Å²) in [5.41, 5.74) is 6.53. The van der Waals surface area contributed by atoms with Crippen LogP contribution in [0.4, 0.5) is 10.8 Å². The molecule has 1 heterocycles. The second-order valence-electron chi connectivity index (χ2n) is 3.58. The Bertz CT molecular complexity index is 682. The van der Waals surface area contributed by atoms with E-state index in [1.807, 2.05) is 0 Å². The predicted octanol–water partition coefficient (Wildman–Crippen LogP) is 2.49. The molecule has 3 N–H and O–H groups in total. The van der Waals surface area contributed by atoms with Gasteiger partial charge in [-0.05, 0) is 25.1 Å². The van der Waals surface area contributed by atoms with Gasteiger partial charge in [0, 0.05) is 10.4 Å². The molecular weight excluding hydrogens is 294 g/mol. The third-order valence-electron chi connectivity index (χ3n) is 2.11. The maximum Gasteiger partial charge on any atom is 0.265 e. The molecule has 1 aromatic heterocycles. The number of hydrogen-bond acceptors (Lipinski definition) is 5. The molecule has 8 heteroatoms. The molecule has 0 aliphatic rings. The maximum atomic E-state index is 12.1. The molecule has 0 atom stereocenters. The fourth-order valence-electron chi connectivity index (χ4n) is 1.31. The van der Waals surface area contributed by atoms with Gasteiger partial charge in [-0.1, -0.05) is 11.6 Å². The molecule has 0 fully saturated rings. The minimum Gasteiger partial charge on any atom is -0.398 e. The van der Waals surface area contributed by atoms with Crippen LogP contribution >= 0.6 is 22.9 Å². The van der Waals surface area contributed by atoms with Gasteiger partial charge in [-0.2, -0.15) is 0 Å². The van der Waals surface area contributed by atoms with E-state index in [0.29, 0.717) is 10.2 Å². The molecule has 0 amide bonds. The molecular formula is C10H10ClN3O2S2. The van der Waals surface area contributed by atoms with Gasteiger partial charge in [0.15, 0.2) is 5.13 Å². The van der Waals surface area contributed by atoms with Gasteiger partial charge in [0.25, 0.3) is 10.0 Å². The highest BCUT2D eigenvalue weighted by Crippen LogP contribution is 2.26. The average Bonchev–Trinajstić information content (AvgIpc) is 2.66. The largest absolute Gasteiger partial charge is 0.398 e. The Kier molecular flexibility index (Phi) is 3.47. The first-order valence-electron chi connectivity index (χ1n) is 4.88. The average molecular weight is 304 g/mol. The number of aryl methyl sites for hydroxylation is 1. The van der Waals surface area contributed by atoms with E-state index in [9.17, 15) is 8.42 Å². The van der Waals surface area contributed by atoms with E-state index in [0.717, 1.165) is 5.69 Å². The van der Waals surface area contributed by atoms with E-state index < -0.39 is 10.0 Å². The molecule has 0 spiro atoms. The Labute approximate surface area is 114 Å². The number of sulfonamides is 1. The number of aromatic nitrogens is 1. The summed E-state index contributed by atoms with van der Waals surface area (Å²) in [4.78, 5) is 3.97. The topological polar surface area (TPSA) is 85.1 Å². The summed E-state index contributed by atoms with van der Waals surface area (Å²) in [6, 6.07) is 4.28. The Morgan fingerprint density at radius 1 is 1.44 bits per heavy atom. The summed E-state index contributed by atoms with van der Waals surface area (Å²) >= 11 is 6.98. The highest BCUT2D eigenvalue weighted by molar-refractivity contribution is 7.93. The van der Waals surface area contributed by atoms with Gasteiger partial charge in [-0.3, -0.25) is 4.72 Å². The van der Waals surface area contributed by atoms with Crippen molar-refractivity contribution in [3.63, 3.8) is 0 Å². The van der Waals surface area contributed by atoms with E-state index in [1.54, 1.807) is 12.3 Å². The van der Waals surface area contributed by atoms with Crippen molar-refractivity contribution in [2.75, 3.05) is 10.5 Å². The summed E-state index contributed by atoms with van der Waals surface area (Å²) in [7, 11) is -3.76. The second kappa shape index (κ2) is 4.75. The minimum atomic E-state index is -3.76. The number of thiazole rings is 1. The highest BCUT2D eigenvalue weighted by Gasteiger charge is 2.19. The van der Waals surface area contributed by atoms with E-state index in [-0.39, 0.29) is 10.6 Å². The maximum absolute atomic E-state index is 12.1. The standard InChI is InChI=1S/C10H10ClN3O2S2/c1-6-5-17-10(13-6)14-18(15,16)9-4-7(11)2-3-8(9)12/h2-5H,12H2,1H3,(H,13,14). The number of rotatable bonds is 3. The van der Waals surface area contributed by atoms with Crippen molar-refractivity contribution < 1.29 is 8.42 Å². The Morgan fingerprint density at radius 3 is 2.78 bits per heavy atom. The number of hydrogen-bond donors (Lipinski definition) is 2. The number of nitrogens with two attached hydrogens (primary N) is 1. The van der Waals surface area contributed by atoms with Crippen LogP contribution in [0, 0.1) is 6.92 Å². The van der Waals surface area contributed by atoms with Gasteiger partial charge in [0.05, 0.1) is 11.4 Å². The van der Waals surface area contributed by atoms with Gasteiger partial charge in [0.1, 0.15) is 4.90 Å². The van der Waals surface area contributed by atoms with Crippen molar-refractivity contribution in [3.8, 4) is 0 Å². The van der Waals surface area contributed by atoms with Gasteiger partial charge in [0.2, 0.25) is 0 Å². The van der Waals surface area contributed by atoms with Crippen molar-refractivity contribution >= 4 is 43.8 Å². The van der Waals surface area contributed by atoms with Gasteiger partial charge >= 0.3 is 0 Å². The molecule has 2 aromatic rings. The van der Waals surface area contributed by atoms with E-state index in [4.69, 9.17) is 17.3 Å². The number of benzene rings is 1. The van der Waals surface area contributed by atoms with Gasteiger partial charge in [-0.25, -0.2) is 13.4 Å². The van der Waals surface area contributed by atoms with E-state index in [2.05, 4.69) is 9.71 Å². The van der Waals surface area contributed by atoms with Crippen molar-refractivity contribution in [2.45, 2.75) is 11.8 Å². The van der Waals surface area contributed by atoms with Gasteiger partial charge in [-0.15, -0.1) is 11.3 Å². The van der Waals surface area contributed by atoms with E-state index in [1.165, 1.54) is 29.5 Å². The summed E-state index contributed by atoms with van der Waals surface area (Å²) in [6.45, 7) is 1.78. The summed E-state index contributed by atoms with van der Waals surface area (Å²) in [5.74, 6) is 0. The third-order valence-corrected chi connectivity index (χ3v) is 4.74. The first kappa shape index (κ1) is 13.1. The predicted molar refractivity (Wildman–Crippen MR) is 73.5 cm³/mol. The van der Waals surface area contributed by atoms with E-state index >= 15 is 0 Å². The van der Waals surface area contributed by atoms with Crippen molar-refractivity contribution in [1.82, 2.24) is 4.98 Å². The highest BCUT2D eigenvalue weighted by atomic mass is 35.5. The molecule has 0 saturated heterocycles. The molecule has 18 heavy (non-hydrogen) atoms. The lowest BCUT2D eigenvalue weighted by Crippen LogP contribution is -2.14. The molecule has 0 saturated carbocycles. The van der Waals surface area contributed by atoms with Crippen LogP contribution in [0.2, 0.25) is 5.02 Å². The molecule has 0 unspecified atom stereocenters. The third kappa shape index (κ3) is 2.74. The molecule has 1 aromatic carbocycles. The zero-order valence-corrected chi connectivity index (χ0v) is 11.7. The lowest BCUT2D eigenvalue weighted by atomic mass is 10.3. The molecule has 96 valence electrons. The van der Waals surface area contributed by atoms with Crippen LogP contribution < -0.4 is 10.5 Å². The Balaban J connectivity index is 2.39. The number of anilines is 2. The Hall–Kier alpha value is -1.31. The molecule has 0 radical (unpaired) electrons. The summed E-state index contributed by atoms with van der Waals surface area (Å²) < 4.78 is 26.6. The quantitative estimate of drug-likeness (QED) is 0.853. The van der Waals surface area contributed by atoms with Crippen LogP contribution in [-0.4, -0.2) is 13.4 Å². The van der Waals surface area contributed by atoms with Crippen LogP contribution in [0.25, 0.3) is 0 Å². The zero-order valence-electron chi connectivity index (χ0n) is 9.34. The van der Waals surface area contributed by atoms with Crippen molar-refractivity contribution in [2.24, 2.45) is 0 Å². The van der Waals surface area contributed by atoms with Crippen molar-refractivity contribution in [3.05, 3.63) is 34.3 Å². The van der Waals surface area contributed by atoms with Crippen LogP contribution in [0.1, 0.15) is 5.69 Å². The summed E-state index contributed by atoms with van der Waals surface area (Å²) in [5, 5.41) is 2.35. The van der Waals surface area contributed by atoms with Crippen LogP contribution in [0.15, 0.2) is 28.5 Å². The monoisotopic (exact) mass is 303 g/mol. The number of nitrogens with one attached hydrogen (secondary N) is 1. The summed E-state index contributed by atoms with van der Waals surface area (Å²) in [6.07, 6.45) is 0. The lowest BCUT2D eigenvalue weighted by molar-refractivity contribution is 0.601. The molecule has 2 rings (SSSR count). The zero-order chi connectivity index (χ0) is 13.3. The fourth-order valence-corrected chi connectivity index (χ4v) is 3.65. The number of halogens is 1. The van der Waals surface area contributed by atoms with Crippen LogP contribution in [0.5, 0.6) is 0 Å². The van der Waals surface area contributed by atoms with Crippen LogP contribution in [0.3, 0.4) is 0 Å². The minimum absolute atomic E-state index is 0.0529. The first-order valence-corrected chi connectivity index (χ1v) is 7.62. The first-order chi connectivity index (χ1) is 8.38. The smallest absolute Gasteiger partial charge is 0.265 e. The lowest BCUT2D eigenvalue weighted by Gasteiger charge is -2.08. The molecule has 0 aliphatic carbocycles. The normalized spacial score (nSPS) is 11.4.